The first-order valence-corrected chi connectivity index (χ1v) is 9.69. The summed E-state index contributed by atoms with van der Waals surface area (Å²) in [6, 6.07) is 13.7. The van der Waals surface area contributed by atoms with Gasteiger partial charge in [-0.3, -0.25) is 4.79 Å². The summed E-state index contributed by atoms with van der Waals surface area (Å²) in [7, 11) is 1.64. The van der Waals surface area contributed by atoms with Crippen molar-refractivity contribution in [2.24, 2.45) is 4.99 Å². The molecule has 1 aliphatic carbocycles. The molecule has 0 atom stereocenters. The average Bonchev–Trinajstić information content (AvgIpc) is 3.39. The number of rotatable bonds is 4. The molecule has 1 spiro atoms. The third-order valence-electron chi connectivity index (χ3n) is 4.42. The molecule has 128 valence electrons. The minimum absolute atomic E-state index is 0.0746. The van der Waals surface area contributed by atoms with Crippen LogP contribution in [0.1, 0.15) is 18.4 Å². The molecule has 0 aromatic heterocycles. The number of carbonyl (C=O) groups is 1. The standard InChI is InChI=1S/C19H17BrN2O2S/c1-24-14-5-2-12(3-6-14)11-21-18(23)17-19(8-9-19)25-16-10-13(20)4-7-15(16)22-17/h2-7,10H,8-9,11H2,1H3,(H,21,23). The molecule has 0 saturated heterocycles. The normalized spacial score (nSPS) is 16.8. The first-order chi connectivity index (χ1) is 12.1. The molecule has 2 aromatic rings. The summed E-state index contributed by atoms with van der Waals surface area (Å²) in [5, 5.41) is 3.01. The Hall–Kier alpha value is -1.79. The number of nitrogens with one attached hydrogen (secondary N) is 1. The zero-order chi connectivity index (χ0) is 17.4. The number of hydrogen-bond acceptors (Lipinski definition) is 4. The Bertz CT molecular complexity index is 860. The van der Waals surface area contributed by atoms with Gasteiger partial charge < -0.3 is 10.1 Å². The van der Waals surface area contributed by atoms with Crippen molar-refractivity contribution in [2.75, 3.05) is 7.11 Å². The summed E-state index contributed by atoms with van der Waals surface area (Å²) in [6.45, 7) is 0.482. The van der Waals surface area contributed by atoms with Crippen LogP contribution in [0.15, 0.2) is 56.8 Å². The fourth-order valence-electron chi connectivity index (χ4n) is 2.86. The third kappa shape index (κ3) is 3.33. The summed E-state index contributed by atoms with van der Waals surface area (Å²) in [4.78, 5) is 18.6. The number of amides is 1. The second-order valence-corrected chi connectivity index (χ2v) is 8.54. The van der Waals surface area contributed by atoms with Gasteiger partial charge in [0.1, 0.15) is 11.5 Å². The van der Waals surface area contributed by atoms with Crippen LogP contribution in [-0.2, 0) is 11.3 Å². The first kappa shape index (κ1) is 16.7. The number of ether oxygens (including phenoxy) is 1. The number of methoxy groups -OCH3 is 1. The van der Waals surface area contributed by atoms with Gasteiger partial charge in [-0.05, 0) is 48.7 Å². The summed E-state index contributed by atoms with van der Waals surface area (Å²) in [6.07, 6.45) is 2.00. The lowest BCUT2D eigenvalue weighted by atomic mass is 10.1. The van der Waals surface area contributed by atoms with E-state index in [1.807, 2.05) is 36.4 Å². The van der Waals surface area contributed by atoms with Crippen molar-refractivity contribution < 1.29 is 9.53 Å². The van der Waals surface area contributed by atoms with Gasteiger partial charge in [0, 0.05) is 15.9 Å². The number of carbonyl (C=O) groups excluding carboxylic acids is 1. The van der Waals surface area contributed by atoms with Crippen LogP contribution < -0.4 is 10.1 Å². The van der Waals surface area contributed by atoms with E-state index in [1.54, 1.807) is 18.9 Å². The first-order valence-electron chi connectivity index (χ1n) is 8.08. The van der Waals surface area contributed by atoms with E-state index in [9.17, 15) is 4.79 Å². The van der Waals surface area contributed by atoms with Crippen LogP contribution in [0.25, 0.3) is 0 Å². The zero-order valence-electron chi connectivity index (χ0n) is 13.7. The predicted octanol–water partition coefficient (Wildman–Crippen LogP) is 4.48. The highest BCUT2D eigenvalue weighted by Gasteiger charge is 2.53. The van der Waals surface area contributed by atoms with Crippen LogP contribution in [0.3, 0.4) is 0 Å². The van der Waals surface area contributed by atoms with E-state index < -0.39 is 0 Å². The van der Waals surface area contributed by atoms with Gasteiger partial charge in [0.2, 0.25) is 0 Å². The molecule has 25 heavy (non-hydrogen) atoms. The van der Waals surface area contributed by atoms with Gasteiger partial charge in [-0.1, -0.05) is 28.1 Å². The van der Waals surface area contributed by atoms with Gasteiger partial charge in [-0.2, -0.15) is 0 Å². The molecule has 1 saturated carbocycles. The molecule has 1 heterocycles. The van der Waals surface area contributed by atoms with Crippen LogP contribution in [-0.4, -0.2) is 23.5 Å². The highest BCUT2D eigenvalue weighted by molar-refractivity contribution is 9.10. The summed E-state index contributed by atoms with van der Waals surface area (Å²) >= 11 is 5.27. The molecule has 1 amide bonds. The Balaban J connectivity index is 1.51. The number of nitrogens with zero attached hydrogens (tertiary/aromatic N) is 1. The van der Waals surface area contributed by atoms with Crippen molar-refractivity contribution in [2.45, 2.75) is 29.0 Å². The van der Waals surface area contributed by atoms with Gasteiger partial charge in [0.15, 0.2) is 0 Å². The van der Waals surface area contributed by atoms with Crippen LogP contribution >= 0.6 is 27.7 Å². The maximum absolute atomic E-state index is 12.7. The number of hydrogen-bond donors (Lipinski definition) is 1. The topological polar surface area (TPSA) is 50.7 Å². The minimum atomic E-state index is -0.141. The average molecular weight is 417 g/mol. The van der Waals surface area contributed by atoms with E-state index in [2.05, 4.69) is 32.3 Å². The molecular formula is C19H17BrN2O2S. The molecule has 1 N–H and O–H groups in total. The second kappa shape index (κ2) is 6.50. The quantitative estimate of drug-likeness (QED) is 0.798. The molecule has 0 unspecified atom stereocenters. The lowest BCUT2D eigenvalue weighted by Crippen LogP contribution is -2.38. The number of benzene rings is 2. The van der Waals surface area contributed by atoms with Crippen molar-refractivity contribution in [1.29, 1.82) is 0 Å². The molecule has 1 aliphatic heterocycles. The number of aliphatic imine (C=N–C) groups is 1. The van der Waals surface area contributed by atoms with E-state index in [1.165, 1.54) is 0 Å². The summed E-state index contributed by atoms with van der Waals surface area (Å²) in [5.41, 5.74) is 2.56. The number of halogens is 1. The maximum Gasteiger partial charge on any atom is 0.267 e. The monoisotopic (exact) mass is 416 g/mol. The van der Waals surface area contributed by atoms with Crippen LogP contribution in [0.5, 0.6) is 5.75 Å². The van der Waals surface area contributed by atoms with Gasteiger partial charge >= 0.3 is 0 Å². The smallest absolute Gasteiger partial charge is 0.267 e. The Kier molecular flexibility index (Phi) is 4.33. The van der Waals surface area contributed by atoms with E-state index in [0.29, 0.717) is 12.3 Å². The Morgan fingerprint density at radius 1 is 1.28 bits per heavy atom. The Labute approximate surface area is 159 Å². The highest BCUT2D eigenvalue weighted by atomic mass is 79.9. The van der Waals surface area contributed by atoms with Crippen LogP contribution in [0.4, 0.5) is 5.69 Å². The highest BCUT2D eigenvalue weighted by Crippen LogP contribution is 2.57. The maximum atomic E-state index is 12.7. The SMILES string of the molecule is COc1ccc(CNC(=O)C2=Nc3ccc(Br)cc3SC23CC3)cc1. The van der Waals surface area contributed by atoms with E-state index in [-0.39, 0.29) is 10.7 Å². The van der Waals surface area contributed by atoms with Crippen molar-refractivity contribution in [3.05, 3.63) is 52.5 Å². The molecule has 0 radical (unpaired) electrons. The Morgan fingerprint density at radius 3 is 2.72 bits per heavy atom. The van der Waals surface area contributed by atoms with Crippen molar-refractivity contribution in [1.82, 2.24) is 5.32 Å². The van der Waals surface area contributed by atoms with Crippen molar-refractivity contribution >= 4 is 45.0 Å². The predicted molar refractivity (Wildman–Crippen MR) is 104 cm³/mol. The molecule has 4 rings (SSSR count). The van der Waals surface area contributed by atoms with Crippen molar-refractivity contribution in [3.8, 4) is 5.75 Å². The molecular weight excluding hydrogens is 400 g/mol. The van der Waals surface area contributed by atoms with E-state index in [0.717, 1.165) is 39.2 Å². The third-order valence-corrected chi connectivity index (χ3v) is 6.45. The largest absolute Gasteiger partial charge is 0.497 e. The van der Waals surface area contributed by atoms with Gasteiger partial charge in [-0.25, -0.2) is 4.99 Å². The summed E-state index contributed by atoms with van der Waals surface area (Å²) < 4.78 is 6.05. The van der Waals surface area contributed by atoms with Gasteiger partial charge in [0.25, 0.3) is 5.91 Å². The lowest BCUT2D eigenvalue weighted by molar-refractivity contribution is -0.115. The molecule has 0 bridgehead atoms. The van der Waals surface area contributed by atoms with Gasteiger partial charge in [0.05, 0.1) is 17.5 Å². The van der Waals surface area contributed by atoms with Gasteiger partial charge in [-0.15, -0.1) is 11.8 Å². The lowest BCUT2D eigenvalue weighted by Gasteiger charge is -2.23. The fourth-order valence-corrected chi connectivity index (χ4v) is 4.74. The van der Waals surface area contributed by atoms with Crippen LogP contribution in [0, 0.1) is 0 Å². The minimum Gasteiger partial charge on any atom is -0.497 e. The number of thioether (sulfide) groups is 1. The molecule has 1 fully saturated rings. The van der Waals surface area contributed by atoms with Crippen molar-refractivity contribution in [3.63, 3.8) is 0 Å². The zero-order valence-corrected chi connectivity index (χ0v) is 16.1. The molecule has 2 aromatic carbocycles. The molecule has 2 aliphatic rings. The second-order valence-electron chi connectivity index (χ2n) is 6.20. The molecule has 4 nitrogen and oxygen atoms in total. The fraction of sp³-hybridized carbons (Fsp3) is 0.263. The van der Waals surface area contributed by atoms with Crippen LogP contribution in [0.2, 0.25) is 0 Å². The molecule has 6 heteroatoms. The van der Waals surface area contributed by atoms with E-state index >= 15 is 0 Å². The summed E-state index contributed by atoms with van der Waals surface area (Å²) in [5.74, 6) is 0.734. The number of fused-ring (bicyclic) bond motifs is 1. The Morgan fingerprint density at radius 2 is 2.04 bits per heavy atom. The van der Waals surface area contributed by atoms with E-state index in [4.69, 9.17) is 4.74 Å².